The number of halogens is 1. The van der Waals surface area contributed by atoms with E-state index in [0.29, 0.717) is 6.04 Å². The lowest BCUT2D eigenvalue weighted by atomic mass is 10.0. The van der Waals surface area contributed by atoms with E-state index in [9.17, 15) is 5.11 Å². The fourth-order valence-electron chi connectivity index (χ4n) is 2.84. The molecule has 1 N–H and O–H groups in total. The molecule has 2 rings (SSSR count). The van der Waals surface area contributed by atoms with Gasteiger partial charge in [-0.05, 0) is 37.6 Å². The molecule has 0 aliphatic carbocycles. The van der Waals surface area contributed by atoms with Crippen LogP contribution in [0.3, 0.4) is 0 Å². The van der Waals surface area contributed by atoms with Crippen molar-refractivity contribution < 1.29 is 5.11 Å². The topological polar surface area (TPSA) is 26.7 Å². The Morgan fingerprint density at radius 1 is 1.37 bits per heavy atom. The predicted octanol–water partition coefficient (Wildman–Crippen LogP) is 2.86. The molecule has 0 saturated carbocycles. The first-order chi connectivity index (χ1) is 9.15. The van der Waals surface area contributed by atoms with Gasteiger partial charge in [-0.3, -0.25) is 0 Å². The van der Waals surface area contributed by atoms with Crippen molar-refractivity contribution in [3.63, 3.8) is 0 Å². The summed E-state index contributed by atoms with van der Waals surface area (Å²) in [6.45, 7) is 5.82. The Bertz CT molecular complexity index is 417. The SMILES string of the molecule is CCN1CCC(N(C)c2ccc(Br)cc2CO)CC1. The molecule has 1 fully saturated rings. The maximum atomic E-state index is 9.51. The first-order valence-electron chi connectivity index (χ1n) is 7.00. The minimum Gasteiger partial charge on any atom is -0.392 e. The highest BCUT2D eigenvalue weighted by Gasteiger charge is 2.23. The van der Waals surface area contributed by atoms with Gasteiger partial charge in [0.15, 0.2) is 0 Å². The Morgan fingerprint density at radius 3 is 2.63 bits per heavy atom. The van der Waals surface area contributed by atoms with Gasteiger partial charge in [0.2, 0.25) is 0 Å². The molecule has 0 unspecified atom stereocenters. The number of piperidine rings is 1. The number of aliphatic hydroxyl groups excluding tert-OH is 1. The van der Waals surface area contributed by atoms with Crippen LogP contribution in [0.4, 0.5) is 5.69 Å². The summed E-state index contributed by atoms with van der Waals surface area (Å²) in [5.74, 6) is 0. The summed E-state index contributed by atoms with van der Waals surface area (Å²) in [5.41, 5.74) is 2.15. The third kappa shape index (κ3) is 3.50. The molecule has 19 heavy (non-hydrogen) atoms. The van der Waals surface area contributed by atoms with Gasteiger partial charge in [0, 0.05) is 41.9 Å². The molecule has 4 heteroatoms. The van der Waals surface area contributed by atoms with E-state index >= 15 is 0 Å². The van der Waals surface area contributed by atoms with Crippen LogP contribution >= 0.6 is 15.9 Å². The maximum Gasteiger partial charge on any atom is 0.0702 e. The Labute approximate surface area is 124 Å². The number of nitrogens with zero attached hydrogens (tertiary/aromatic N) is 2. The van der Waals surface area contributed by atoms with E-state index in [1.165, 1.54) is 25.9 Å². The normalized spacial score (nSPS) is 17.7. The van der Waals surface area contributed by atoms with E-state index in [-0.39, 0.29) is 6.61 Å². The van der Waals surface area contributed by atoms with Gasteiger partial charge >= 0.3 is 0 Å². The minimum absolute atomic E-state index is 0.0902. The largest absolute Gasteiger partial charge is 0.392 e. The Morgan fingerprint density at radius 2 is 2.05 bits per heavy atom. The van der Waals surface area contributed by atoms with Crippen molar-refractivity contribution in [2.24, 2.45) is 0 Å². The number of benzene rings is 1. The van der Waals surface area contributed by atoms with Crippen molar-refractivity contribution in [3.05, 3.63) is 28.2 Å². The van der Waals surface area contributed by atoms with E-state index in [0.717, 1.165) is 22.3 Å². The fourth-order valence-corrected chi connectivity index (χ4v) is 3.25. The van der Waals surface area contributed by atoms with Gasteiger partial charge in [-0.2, -0.15) is 0 Å². The van der Waals surface area contributed by atoms with Crippen molar-refractivity contribution in [2.45, 2.75) is 32.4 Å². The average molecular weight is 327 g/mol. The van der Waals surface area contributed by atoms with Gasteiger partial charge in [0.1, 0.15) is 0 Å². The number of hydrogen-bond acceptors (Lipinski definition) is 3. The second-order valence-corrected chi connectivity index (χ2v) is 6.12. The van der Waals surface area contributed by atoms with Gasteiger partial charge < -0.3 is 14.9 Å². The van der Waals surface area contributed by atoms with Crippen LogP contribution in [0, 0.1) is 0 Å². The van der Waals surface area contributed by atoms with Crippen LogP contribution < -0.4 is 4.90 Å². The third-order valence-electron chi connectivity index (χ3n) is 4.14. The van der Waals surface area contributed by atoms with Crippen LogP contribution in [-0.2, 0) is 6.61 Å². The molecule has 1 aliphatic heterocycles. The van der Waals surface area contributed by atoms with E-state index in [4.69, 9.17) is 0 Å². The number of rotatable bonds is 4. The summed E-state index contributed by atoms with van der Waals surface area (Å²) < 4.78 is 1.02. The molecule has 1 aromatic rings. The summed E-state index contributed by atoms with van der Waals surface area (Å²) in [6, 6.07) is 6.73. The lowest BCUT2D eigenvalue weighted by Crippen LogP contribution is -2.43. The molecule has 0 atom stereocenters. The maximum absolute atomic E-state index is 9.51. The van der Waals surface area contributed by atoms with Crippen molar-refractivity contribution in [2.75, 3.05) is 31.6 Å². The molecule has 0 radical (unpaired) electrons. The molecule has 0 aromatic heterocycles. The lowest BCUT2D eigenvalue weighted by Gasteiger charge is -2.38. The van der Waals surface area contributed by atoms with Gasteiger partial charge in [-0.1, -0.05) is 22.9 Å². The number of likely N-dealkylation sites (tertiary alicyclic amines) is 1. The molecule has 106 valence electrons. The van der Waals surface area contributed by atoms with Crippen molar-refractivity contribution in [3.8, 4) is 0 Å². The van der Waals surface area contributed by atoms with Crippen molar-refractivity contribution in [1.82, 2.24) is 4.90 Å². The van der Waals surface area contributed by atoms with Crippen LogP contribution in [0.25, 0.3) is 0 Å². The van der Waals surface area contributed by atoms with Gasteiger partial charge in [0.25, 0.3) is 0 Å². The molecule has 1 saturated heterocycles. The smallest absolute Gasteiger partial charge is 0.0702 e. The van der Waals surface area contributed by atoms with Crippen LogP contribution in [0.15, 0.2) is 22.7 Å². The summed E-state index contributed by atoms with van der Waals surface area (Å²) in [4.78, 5) is 4.84. The van der Waals surface area contributed by atoms with E-state index in [1.807, 2.05) is 12.1 Å². The first kappa shape index (κ1) is 14.8. The van der Waals surface area contributed by atoms with E-state index < -0.39 is 0 Å². The quantitative estimate of drug-likeness (QED) is 0.921. The molecule has 0 spiro atoms. The molecular weight excluding hydrogens is 304 g/mol. The monoisotopic (exact) mass is 326 g/mol. The second-order valence-electron chi connectivity index (χ2n) is 5.21. The van der Waals surface area contributed by atoms with E-state index in [1.54, 1.807) is 0 Å². The third-order valence-corrected chi connectivity index (χ3v) is 4.64. The van der Waals surface area contributed by atoms with Crippen LogP contribution in [0.5, 0.6) is 0 Å². The zero-order chi connectivity index (χ0) is 13.8. The molecule has 0 amide bonds. The van der Waals surface area contributed by atoms with Crippen LogP contribution in [0.1, 0.15) is 25.3 Å². The number of hydrogen-bond donors (Lipinski definition) is 1. The average Bonchev–Trinajstić information content (AvgIpc) is 2.46. The molecule has 0 bridgehead atoms. The lowest BCUT2D eigenvalue weighted by molar-refractivity contribution is 0.220. The molecule has 1 heterocycles. The Hall–Kier alpha value is -0.580. The van der Waals surface area contributed by atoms with Gasteiger partial charge in [0.05, 0.1) is 6.61 Å². The molecule has 1 aliphatic rings. The molecule has 3 nitrogen and oxygen atoms in total. The van der Waals surface area contributed by atoms with Crippen molar-refractivity contribution >= 4 is 21.6 Å². The van der Waals surface area contributed by atoms with Crippen molar-refractivity contribution in [1.29, 1.82) is 0 Å². The summed E-state index contributed by atoms with van der Waals surface area (Å²) in [5, 5.41) is 9.51. The fraction of sp³-hybridized carbons (Fsp3) is 0.600. The first-order valence-corrected chi connectivity index (χ1v) is 7.79. The van der Waals surface area contributed by atoms with Crippen LogP contribution in [-0.4, -0.2) is 42.7 Å². The summed E-state index contributed by atoms with van der Waals surface area (Å²) >= 11 is 3.46. The standard InChI is InChI=1S/C15H23BrN2O/c1-3-18-8-6-14(7-9-18)17(2)15-5-4-13(16)10-12(15)11-19/h4-5,10,14,19H,3,6-9,11H2,1-2H3. The summed E-state index contributed by atoms with van der Waals surface area (Å²) in [7, 11) is 2.15. The van der Waals surface area contributed by atoms with Gasteiger partial charge in [-0.15, -0.1) is 0 Å². The predicted molar refractivity (Wildman–Crippen MR) is 83.6 cm³/mol. The summed E-state index contributed by atoms with van der Waals surface area (Å²) in [6.07, 6.45) is 2.40. The highest BCUT2D eigenvalue weighted by molar-refractivity contribution is 9.10. The second kappa shape index (κ2) is 6.73. The highest BCUT2D eigenvalue weighted by Crippen LogP contribution is 2.28. The Kier molecular flexibility index (Phi) is 5.25. The molecular formula is C15H23BrN2O. The Balaban J connectivity index is 2.09. The highest BCUT2D eigenvalue weighted by atomic mass is 79.9. The molecule has 1 aromatic carbocycles. The van der Waals surface area contributed by atoms with Gasteiger partial charge in [-0.25, -0.2) is 0 Å². The minimum atomic E-state index is 0.0902. The van der Waals surface area contributed by atoms with Crippen LogP contribution in [0.2, 0.25) is 0 Å². The zero-order valence-corrected chi connectivity index (χ0v) is 13.4. The van der Waals surface area contributed by atoms with E-state index in [2.05, 4.69) is 45.8 Å². The number of aliphatic hydroxyl groups is 1. The zero-order valence-electron chi connectivity index (χ0n) is 11.8. The number of anilines is 1.